The summed E-state index contributed by atoms with van der Waals surface area (Å²) in [5, 5.41) is 14.1. The Morgan fingerprint density at radius 2 is 1.81 bits per heavy atom. The van der Waals surface area contributed by atoms with Crippen molar-refractivity contribution >= 4 is 39.3 Å². The zero-order chi connectivity index (χ0) is 15.4. The molecule has 7 heteroatoms. The number of carboxylic acids is 1. The van der Waals surface area contributed by atoms with Crippen molar-refractivity contribution < 1.29 is 14.7 Å². The van der Waals surface area contributed by atoms with Gasteiger partial charge in [-0.3, -0.25) is 4.98 Å². The van der Waals surface area contributed by atoms with Crippen molar-refractivity contribution in [3.63, 3.8) is 0 Å². The number of aromatic nitrogens is 1. The van der Waals surface area contributed by atoms with Gasteiger partial charge in [-0.1, -0.05) is 15.9 Å². The Morgan fingerprint density at radius 3 is 2.48 bits per heavy atom. The van der Waals surface area contributed by atoms with Crippen LogP contribution in [-0.2, 0) is 0 Å². The lowest BCUT2D eigenvalue weighted by molar-refractivity contribution is 0.0696. The first-order valence-corrected chi connectivity index (χ1v) is 6.77. The maximum Gasteiger partial charge on any atom is 0.337 e. The van der Waals surface area contributed by atoms with Gasteiger partial charge in [0.1, 0.15) is 0 Å². The maximum absolute atomic E-state index is 11.9. The fourth-order valence-corrected chi connectivity index (χ4v) is 2.33. The molecule has 0 atom stereocenters. The van der Waals surface area contributed by atoms with Gasteiger partial charge < -0.3 is 15.7 Å². The molecule has 1 aromatic carbocycles. The van der Waals surface area contributed by atoms with Gasteiger partial charge in [0.25, 0.3) is 0 Å². The topological polar surface area (TPSA) is 91.3 Å². The Kier molecular flexibility index (Phi) is 4.54. The van der Waals surface area contributed by atoms with Gasteiger partial charge in [-0.25, -0.2) is 9.59 Å². The van der Waals surface area contributed by atoms with Crippen LogP contribution in [0.5, 0.6) is 0 Å². The molecule has 0 aliphatic rings. The number of rotatable bonds is 3. The largest absolute Gasteiger partial charge is 0.478 e. The van der Waals surface area contributed by atoms with E-state index in [1.54, 1.807) is 6.07 Å². The number of nitrogens with zero attached hydrogens (tertiary/aromatic N) is 1. The average Bonchev–Trinajstić information content (AvgIpc) is 2.37. The van der Waals surface area contributed by atoms with Crippen LogP contribution in [0.25, 0.3) is 0 Å². The van der Waals surface area contributed by atoms with E-state index < -0.39 is 12.0 Å². The number of nitrogens with one attached hydrogen (secondary N) is 2. The van der Waals surface area contributed by atoms with E-state index in [0.717, 1.165) is 10.0 Å². The van der Waals surface area contributed by atoms with E-state index in [1.165, 1.54) is 18.5 Å². The van der Waals surface area contributed by atoms with Crippen LogP contribution < -0.4 is 10.6 Å². The van der Waals surface area contributed by atoms with E-state index in [1.807, 2.05) is 19.1 Å². The van der Waals surface area contributed by atoms with Crippen molar-refractivity contribution in [3.05, 3.63) is 52.3 Å². The van der Waals surface area contributed by atoms with Crippen molar-refractivity contribution in [1.29, 1.82) is 0 Å². The lowest BCUT2D eigenvalue weighted by Gasteiger charge is -2.09. The van der Waals surface area contributed by atoms with Crippen molar-refractivity contribution in [3.8, 4) is 0 Å². The minimum atomic E-state index is -1.10. The predicted molar refractivity (Wildman–Crippen MR) is 82.7 cm³/mol. The molecule has 0 aliphatic heterocycles. The third-order valence-corrected chi connectivity index (χ3v) is 3.00. The van der Waals surface area contributed by atoms with Crippen LogP contribution in [0.4, 0.5) is 16.2 Å². The Labute approximate surface area is 129 Å². The van der Waals surface area contributed by atoms with Crippen molar-refractivity contribution in [2.24, 2.45) is 0 Å². The zero-order valence-electron chi connectivity index (χ0n) is 11.1. The molecule has 1 heterocycles. The normalized spacial score (nSPS) is 10.0. The summed E-state index contributed by atoms with van der Waals surface area (Å²) in [6.07, 6.45) is 2.58. The van der Waals surface area contributed by atoms with Crippen LogP contribution in [0.15, 0.2) is 41.1 Å². The molecule has 21 heavy (non-hydrogen) atoms. The smallest absolute Gasteiger partial charge is 0.337 e. The Hall–Kier alpha value is -2.41. The van der Waals surface area contributed by atoms with Crippen LogP contribution in [0.1, 0.15) is 15.9 Å². The molecule has 2 aromatic rings. The van der Waals surface area contributed by atoms with Crippen LogP contribution in [0.2, 0.25) is 0 Å². The van der Waals surface area contributed by atoms with Gasteiger partial charge >= 0.3 is 12.0 Å². The summed E-state index contributed by atoms with van der Waals surface area (Å²) in [7, 11) is 0. The van der Waals surface area contributed by atoms with E-state index in [9.17, 15) is 9.59 Å². The van der Waals surface area contributed by atoms with Crippen molar-refractivity contribution in [2.75, 3.05) is 10.6 Å². The number of anilines is 2. The number of carbonyl (C=O) groups excluding carboxylic acids is 1. The van der Waals surface area contributed by atoms with Crippen LogP contribution in [0.3, 0.4) is 0 Å². The molecule has 0 bridgehead atoms. The molecule has 0 spiro atoms. The van der Waals surface area contributed by atoms with Gasteiger partial charge in [-0.15, -0.1) is 0 Å². The number of carboxylic acid groups (broad SMARTS) is 1. The molecule has 3 N–H and O–H groups in total. The molecule has 0 saturated carbocycles. The Balaban J connectivity index is 2.08. The summed E-state index contributed by atoms with van der Waals surface area (Å²) >= 11 is 3.35. The van der Waals surface area contributed by atoms with E-state index in [-0.39, 0.29) is 5.56 Å². The van der Waals surface area contributed by atoms with Gasteiger partial charge in [0, 0.05) is 16.4 Å². The lowest BCUT2D eigenvalue weighted by atomic mass is 10.2. The summed E-state index contributed by atoms with van der Waals surface area (Å²) < 4.78 is 0.854. The number of amides is 2. The fourth-order valence-electron chi connectivity index (χ4n) is 1.73. The summed E-state index contributed by atoms with van der Waals surface area (Å²) in [6, 6.07) is 6.36. The predicted octanol–water partition coefficient (Wildman–Crippen LogP) is 3.49. The molecule has 108 valence electrons. The second-order valence-corrected chi connectivity index (χ2v) is 5.28. The number of aromatic carboxylic acids is 1. The number of pyridine rings is 1. The van der Waals surface area contributed by atoms with Crippen molar-refractivity contribution in [2.45, 2.75) is 6.92 Å². The Morgan fingerprint density at radius 1 is 1.10 bits per heavy atom. The second-order valence-electron chi connectivity index (χ2n) is 4.36. The van der Waals surface area contributed by atoms with Crippen LogP contribution >= 0.6 is 15.9 Å². The number of benzene rings is 1. The standard InChI is InChI=1S/C14H12BrN3O3/c1-8-2-10(15)5-11(3-8)17-14(21)18-12-4-9(13(19)20)6-16-7-12/h2-7H,1H3,(H,19,20)(H2,17,18,21). The molecular weight excluding hydrogens is 338 g/mol. The third-order valence-electron chi connectivity index (χ3n) is 2.54. The van der Waals surface area contributed by atoms with E-state index in [2.05, 4.69) is 31.5 Å². The Bertz CT molecular complexity index is 683. The molecule has 0 radical (unpaired) electrons. The highest BCUT2D eigenvalue weighted by Crippen LogP contribution is 2.19. The minimum absolute atomic E-state index is 0.00565. The fraction of sp³-hybridized carbons (Fsp3) is 0.0714. The molecule has 0 aliphatic carbocycles. The molecule has 0 saturated heterocycles. The molecule has 6 nitrogen and oxygen atoms in total. The molecular formula is C14H12BrN3O3. The first-order chi connectivity index (χ1) is 9.94. The summed E-state index contributed by atoms with van der Waals surface area (Å²) in [5.41, 5.74) is 1.93. The first-order valence-electron chi connectivity index (χ1n) is 5.97. The number of hydrogen-bond acceptors (Lipinski definition) is 3. The lowest BCUT2D eigenvalue weighted by Crippen LogP contribution is -2.19. The van der Waals surface area contributed by atoms with Gasteiger partial charge in [-0.2, -0.15) is 0 Å². The highest BCUT2D eigenvalue weighted by molar-refractivity contribution is 9.10. The highest BCUT2D eigenvalue weighted by Gasteiger charge is 2.07. The minimum Gasteiger partial charge on any atom is -0.478 e. The number of hydrogen-bond donors (Lipinski definition) is 3. The van der Waals surface area contributed by atoms with E-state index in [0.29, 0.717) is 11.4 Å². The first kappa shape index (κ1) is 15.0. The molecule has 0 fully saturated rings. The third kappa shape index (κ3) is 4.28. The van der Waals surface area contributed by atoms with E-state index >= 15 is 0 Å². The second kappa shape index (κ2) is 6.36. The molecule has 1 aromatic heterocycles. The average molecular weight is 350 g/mol. The maximum atomic E-state index is 11.9. The highest BCUT2D eigenvalue weighted by atomic mass is 79.9. The van der Waals surface area contributed by atoms with Crippen LogP contribution in [0, 0.1) is 6.92 Å². The van der Waals surface area contributed by atoms with Crippen LogP contribution in [-0.4, -0.2) is 22.1 Å². The van der Waals surface area contributed by atoms with E-state index in [4.69, 9.17) is 5.11 Å². The van der Waals surface area contributed by atoms with Gasteiger partial charge in [-0.05, 0) is 36.8 Å². The van der Waals surface area contributed by atoms with Crippen molar-refractivity contribution in [1.82, 2.24) is 4.98 Å². The number of carbonyl (C=O) groups is 2. The number of aryl methyl sites for hydroxylation is 1. The number of urea groups is 1. The summed E-state index contributed by atoms with van der Waals surface area (Å²) in [5.74, 6) is -1.10. The van der Waals surface area contributed by atoms with Gasteiger partial charge in [0.15, 0.2) is 0 Å². The monoisotopic (exact) mass is 349 g/mol. The molecule has 2 amide bonds. The quantitative estimate of drug-likeness (QED) is 0.790. The molecule has 0 unspecified atom stereocenters. The summed E-state index contributed by atoms with van der Waals surface area (Å²) in [6.45, 7) is 1.91. The SMILES string of the molecule is Cc1cc(Br)cc(NC(=O)Nc2cncc(C(=O)O)c2)c1. The zero-order valence-corrected chi connectivity index (χ0v) is 12.6. The van der Waals surface area contributed by atoms with Gasteiger partial charge in [0.2, 0.25) is 0 Å². The molecule has 2 rings (SSSR count). The van der Waals surface area contributed by atoms with Gasteiger partial charge in [0.05, 0.1) is 17.4 Å². The summed E-state index contributed by atoms with van der Waals surface area (Å²) in [4.78, 5) is 26.5. The number of halogens is 1.